The molecule has 1 aromatic carbocycles. The van der Waals surface area contributed by atoms with Gasteiger partial charge in [-0.3, -0.25) is 4.79 Å². The van der Waals surface area contributed by atoms with Crippen molar-refractivity contribution in [3.63, 3.8) is 0 Å². The summed E-state index contributed by atoms with van der Waals surface area (Å²) in [6, 6.07) is 7.53. The van der Waals surface area contributed by atoms with Crippen molar-refractivity contribution in [3.05, 3.63) is 41.6 Å². The molecule has 1 aliphatic heterocycles. The Balaban J connectivity index is 1.25. The summed E-state index contributed by atoms with van der Waals surface area (Å²) in [6.45, 7) is 0.930. The zero-order valence-electron chi connectivity index (χ0n) is 15.8. The van der Waals surface area contributed by atoms with E-state index in [4.69, 9.17) is 14.0 Å². The van der Waals surface area contributed by atoms with Gasteiger partial charge in [0, 0.05) is 18.2 Å². The third-order valence-corrected chi connectivity index (χ3v) is 5.96. The van der Waals surface area contributed by atoms with Crippen LogP contribution in [-0.4, -0.2) is 24.4 Å². The molecule has 6 heteroatoms. The second kappa shape index (κ2) is 7.00. The fourth-order valence-corrected chi connectivity index (χ4v) is 4.05. The minimum Gasteiger partial charge on any atom is -0.454 e. The maximum absolute atomic E-state index is 12.8. The number of carbonyl (C=O) groups excluding carboxylic acids is 1. The van der Waals surface area contributed by atoms with Crippen LogP contribution in [-0.2, 0) is 10.2 Å². The number of aromatic nitrogens is 1. The lowest BCUT2D eigenvalue weighted by Crippen LogP contribution is -2.35. The molecular weight excluding hydrogens is 356 g/mol. The predicted octanol–water partition coefficient (Wildman–Crippen LogP) is 4.11. The van der Waals surface area contributed by atoms with Crippen LogP contribution in [0.1, 0.15) is 50.6 Å². The summed E-state index contributed by atoms with van der Waals surface area (Å²) in [4.78, 5) is 12.8. The van der Waals surface area contributed by atoms with Crippen LogP contribution in [0.5, 0.6) is 11.5 Å². The van der Waals surface area contributed by atoms with Gasteiger partial charge in [0.1, 0.15) is 0 Å². The predicted molar refractivity (Wildman–Crippen MR) is 103 cm³/mol. The molecule has 6 nitrogen and oxygen atoms in total. The van der Waals surface area contributed by atoms with Crippen molar-refractivity contribution in [1.29, 1.82) is 0 Å². The van der Waals surface area contributed by atoms with Crippen LogP contribution < -0.4 is 14.8 Å². The number of hydrogen-bond acceptors (Lipinski definition) is 5. The molecule has 1 N–H and O–H groups in total. The molecule has 1 amide bonds. The number of amides is 1. The quantitative estimate of drug-likeness (QED) is 0.764. The zero-order chi connectivity index (χ0) is 19.0. The first-order valence-electron chi connectivity index (χ1n) is 10.1. The van der Waals surface area contributed by atoms with E-state index in [9.17, 15) is 4.79 Å². The van der Waals surface area contributed by atoms with Crippen molar-refractivity contribution in [2.75, 3.05) is 13.3 Å². The number of rotatable bonds is 6. The summed E-state index contributed by atoms with van der Waals surface area (Å²) in [6.07, 6.45) is 9.81. The number of hydrogen-bond donors (Lipinski definition) is 1. The highest BCUT2D eigenvalue weighted by atomic mass is 16.7. The monoisotopic (exact) mass is 380 g/mol. The molecule has 0 saturated heterocycles. The minimum absolute atomic E-state index is 0.0643. The first kappa shape index (κ1) is 17.3. The summed E-state index contributed by atoms with van der Waals surface area (Å²) < 4.78 is 16.3. The van der Waals surface area contributed by atoms with Gasteiger partial charge in [-0.05, 0) is 63.1 Å². The molecule has 0 radical (unpaired) electrons. The Morgan fingerprint density at radius 3 is 2.86 bits per heavy atom. The lowest BCUT2D eigenvalue weighted by atomic mass is 9.97. The standard InChI is InChI=1S/C22H24N2O4/c25-21(23-11-8-15-4-2-1-3-5-15)22(9-10-22)20-13-18(28-24-20)16-6-7-17-19(12-16)27-14-26-17/h4,6-7,12-13H,1-3,5,8-11,14H2,(H,23,25). The third kappa shape index (κ3) is 3.17. The summed E-state index contributed by atoms with van der Waals surface area (Å²) in [7, 11) is 0. The van der Waals surface area contributed by atoms with E-state index in [2.05, 4.69) is 16.5 Å². The van der Waals surface area contributed by atoms with Gasteiger partial charge in [0.25, 0.3) is 0 Å². The van der Waals surface area contributed by atoms with E-state index in [1.54, 1.807) is 0 Å². The molecule has 0 atom stereocenters. The molecule has 2 aromatic rings. The lowest BCUT2D eigenvalue weighted by Gasteiger charge is -2.15. The van der Waals surface area contributed by atoms with E-state index in [1.807, 2.05) is 24.3 Å². The number of fused-ring (bicyclic) bond motifs is 1. The van der Waals surface area contributed by atoms with Crippen molar-refractivity contribution in [3.8, 4) is 22.8 Å². The number of nitrogens with zero attached hydrogens (tertiary/aromatic N) is 1. The largest absolute Gasteiger partial charge is 0.454 e. The van der Waals surface area contributed by atoms with Gasteiger partial charge >= 0.3 is 0 Å². The Bertz CT molecular complexity index is 926. The van der Waals surface area contributed by atoms with Gasteiger partial charge in [0.15, 0.2) is 17.3 Å². The van der Waals surface area contributed by atoms with Crippen LogP contribution in [0.4, 0.5) is 0 Å². The van der Waals surface area contributed by atoms with Crippen molar-refractivity contribution in [2.45, 2.75) is 50.4 Å². The molecule has 3 aliphatic rings. The van der Waals surface area contributed by atoms with E-state index in [0.717, 1.165) is 36.3 Å². The number of allylic oxidation sites excluding steroid dienone is 1. The SMILES string of the molecule is O=C(NCCC1=CCCCC1)C1(c2cc(-c3ccc4c(c3)OCO4)on2)CC1. The van der Waals surface area contributed by atoms with Gasteiger partial charge in [-0.1, -0.05) is 16.8 Å². The van der Waals surface area contributed by atoms with Gasteiger partial charge in [0.2, 0.25) is 12.7 Å². The molecular formula is C22H24N2O4. The minimum atomic E-state index is -0.529. The molecule has 2 heterocycles. The number of carbonyl (C=O) groups is 1. The number of benzene rings is 1. The van der Waals surface area contributed by atoms with Crippen LogP contribution in [0.3, 0.4) is 0 Å². The van der Waals surface area contributed by atoms with Crippen molar-refractivity contribution < 1.29 is 18.8 Å². The Hall–Kier alpha value is -2.76. The molecule has 0 bridgehead atoms. The fourth-order valence-electron chi connectivity index (χ4n) is 4.05. The maximum Gasteiger partial charge on any atom is 0.232 e. The van der Waals surface area contributed by atoms with Gasteiger partial charge in [0.05, 0.1) is 11.1 Å². The average molecular weight is 380 g/mol. The van der Waals surface area contributed by atoms with Gasteiger partial charge in [-0.2, -0.15) is 0 Å². The van der Waals surface area contributed by atoms with E-state index < -0.39 is 5.41 Å². The molecule has 1 aromatic heterocycles. The van der Waals surface area contributed by atoms with Crippen LogP contribution in [0, 0.1) is 0 Å². The number of nitrogens with one attached hydrogen (secondary N) is 1. The Kier molecular flexibility index (Phi) is 4.34. The molecule has 146 valence electrons. The van der Waals surface area contributed by atoms with Crippen molar-refractivity contribution >= 4 is 5.91 Å². The van der Waals surface area contributed by atoms with Gasteiger partial charge in [-0.15, -0.1) is 0 Å². The molecule has 2 aliphatic carbocycles. The first-order chi connectivity index (χ1) is 13.7. The Labute approximate surface area is 163 Å². The molecule has 5 rings (SSSR count). The summed E-state index contributed by atoms with van der Waals surface area (Å²) in [5, 5.41) is 7.34. The topological polar surface area (TPSA) is 73.6 Å². The summed E-state index contributed by atoms with van der Waals surface area (Å²) in [5.74, 6) is 2.13. The van der Waals surface area contributed by atoms with Crippen molar-refractivity contribution in [1.82, 2.24) is 10.5 Å². The van der Waals surface area contributed by atoms with Crippen LogP contribution in [0.15, 0.2) is 40.4 Å². The lowest BCUT2D eigenvalue weighted by molar-refractivity contribution is -0.123. The van der Waals surface area contributed by atoms with Crippen molar-refractivity contribution in [2.24, 2.45) is 0 Å². The molecule has 28 heavy (non-hydrogen) atoms. The number of ether oxygens (including phenoxy) is 2. The second-order valence-electron chi connectivity index (χ2n) is 7.84. The van der Waals surface area contributed by atoms with Gasteiger partial charge < -0.3 is 19.3 Å². The van der Waals surface area contributed by atoms with Crippen LogP contribution >= 0.6 is 0 Å². The Morgan fingerprint density at radius 1 is 1.14 bits per heavy atom. The van der Waals surface area contributed by atoms with E-state index in [0.29, 0.717) is 18.1 Å². The smallest absolute Gasteiger partial charge is 0.232 e. The highest BCUT2D eigenvalue weighted by Gasteiger charge is 2.53. The van der Waals surface area contributed by atoms with Crippen LogP contribution in [0.2, 0.25) is 0 Å². The molecule has 0 spiro atoms. The highest BCUT2D eigenvalue weighted by molar-refractivity contribution is 5.91. The normalized spacial score (nSPS) is 19.2. The second-order valence-corrected chi connectivity index (χ2v) is 7.84. The first-order valence-corrected chi connectivity index (χ1v) is 10.1. The maximum atomic E-state index is 12.8. The fraction of sp³-hybridized carbons (Fsp3) is 0.455. The average Bonchev–Trinajstić information content (AvgIpc) is 3.16. The van der Waals surface area contributed by atoms with Crippen LogP contribution in [0.25, 0.3) is 11.3 Å². The van der Waals surface area contributed by atoms with E-state index in [1.165, 1.54) is 31.3 Å². The molecule has 0 unspecified atom stereocenters. The van der Waals surface area contributed by atoms with E-state index >= 15 is 0 Å². The Morgan fingerprint density at radius 2 is 2.04 bits per heavy atom. The van der Waals surface area contributed by atoms with E-state index in [-0.39, 0.29) is 12.7 Å². The summed E-state index contributed by atoms with van der Waals surface area (Å²) in [5.41, 5.74) is 2.53. The highest BCUT2D eigenvalue weighted by Crippen LogP contribution is 2.49. The summed E-state index contributed by atoms with van der Waals surface area (Å²) >= 11 is 0. The van der Waals surface area contributed by atoms with Gasteiger partial charge in [-0.25, -0.2) is 0 Å². The third-order valence-electron chi connectivity index (χ3n) is 5.96. The molecule has 1 fully saturated rings. The zero-order valence-corrected chi connectivity index (χ0v) is 15.8. The molecule has 1 saturated carbocycles.